The topological polar surface area (TPSA) is 385 Å². The van der Waals surface area contributed by atoms with Crippen LogP contribution >= 0.6 is 0 Å². The second kappa shape index (κ2) is 69.0. The molecule has 0 aromatic rings. The van der Waals surface area contributed by atoms with Crippen molar-refractivity contribution < 1.29 is 136 Å². The van der Waals surface area contributed by atoms with E-state index in [0.29, 0.717) is 153 Å². The molecule has 0 saturated carbocycles. The van der Waals surface area contributed by atoms with E-state index >= 15 is 0 Å². The summed E-state index contributed by atoms with van der Waals surface area (Å²) in [7, 11) is 0. The maximum absolute atomic E-state index is 14.3. The van der Waals surface area contributed by atoms with Crippen molar-refractivity contribution in [2.75, 3.05) is 99.1 Å². The van der Waals surface area contributed by atoms with Gasteiger partial charge in [0, 0.05) is 50.5 Å². The summed E-state index contributed by atoms with van der Waals surface area (Å²) < 4.78 is 97.9. The number of ether oxygens (including phenoxy) is 8. The standard InChI is InChI=1S/4C22H39FO6/c1-3-4-9-20(26)22(23)29-11-10-28-15-19(25)8-6-5-7-18(24)14-17-12-16(2)13-21(17)27;1-3-4-7-17(24)14-28-10-11-29-15-18(25)8-5-6-9-20(26)22(23)19-12-16(2)13-21(19)27;1-3-4-6-19(25)14-28-9-10-29-15-22(27)20(23)8-5-7-18(24)13-17-11-16(2)12-21(17)26;1-3-4-6-18(24)14-28-9-10-29-15-19(25)7-5-8-20(23)22(27)13-17-11-16(2)12-21(17)26/h12,16,18-20,22,24-26H,3-11,13-15H2,1-2H3;12,16-18,20,22,24-26H,3-11,13-15H2,1-2H3;2*11,16,18-20,22,24-25,27H,3-10,12-15H2,1-2H3/t16-,18?,19?,20?,22?;16-,17?,18?,20?,22?;2*16-,18?,19?,20?,22?/m0000/s1/i4*23-1. The van der Waals surface area contributed by atoms with Crippen LogP contribution in [0, 0.1) is 23.7 Å². The van der Waals surface area contributed by atoms with Crippen LogP contribution < -0.4 is 0 Å². The Bertz CT molecular complexity index is 2620. The number of Topliss-reactive ketones (excluding diaryl/α,β-unsaturated/α-hetero) is 4. The molecule has 0 aromatic heterocycles. The molecule has 20 atom stereocenters. The normalized spacial score (nSPS) is 21.1. The number of carbonyl (C=O) groups excluding carboxylic acids is 4. The van der Waals surface area contributed by atoms with Gasteiger partial charge in [0.1, 0.15) is 24.6 Å². The van der Waals surface area contributed by atoms with Crippen LogP contribution in [0.3, 0.4) is 0 Å². The number of ketones is 4. The first-order valence-corrected chi connectivity index (χ1v) is 43.7. The summed E-state index contributed by atoms with van der Waals surface area (Å²) in [4.78, 5) is 46.9. The molecule has 0 saturated heterocycles. The first kappa shape index (κ1) is 111. The minimum Gasteiger partial charge on any atom is -0.393 e. The zero-order chi connectivity index (χ0) is 86.6. The predicted octanol–water partition coefficient (Wildman–Crippen LogP) is 11.3. The van der Waals surface area contributed by atoms with E-state index in [0.717, 1.165) is 82.6 Å². The molecule has 12 N–H and O–H groups in total. The Balaban J connectivity index is 0.000000773. The molecular weight excluding hydrogens is 1510 g/mol. The van der Waals surface area contributed by atoms with E-state index in [1.807, 2.05) is 52.8 Å². The highest BCUT2D eigenvalue weighted by atomic mass is 18.2. The fourth-order valence-electron chi connectivity index (χ4n) is 13.5. The monoisotopic (exact) mass is 1670 g/mol. The van der Waals surface area contributed by atoms with E-state index in [1.165, 1.54) is 0 Å². The molecule has 28 heteroatoms. The van der Waals surface area contributed by atoms with Gasteiger partial charge in [-0.05, 0) is 130 Å². The quantitative estimate of drug-likeness (QED) is 0.0199. The third-order valence-corrected chi connectivity index (χ3v) is 20.4. The fourth-order valence-corrected chi connectivity index (χ4v) is 13.5. The van der Waals surface area contributed by atoms with Gasteiger partial charge in [0.25, 0.3) is 0 Å². The van der Waals surface area contributed by atoms with Crippen LogP contribution in [0.4, 0.5) is 17.6 Å². The van der Waals surface area contributed by atoms with Crippen molar-refractivity contribution in [2.45, 2.75) is 365 Å². The van der Waals surface area contributed by atoms with Crippen molar-refractivity contribution in [3.63, 3.8) is 0 Å². The lowest BCUT2D eigenvalue weighted by atomic mass is 9.99. The molecule has 0 aliphatic heterocycles. The molecule has 0 bridgehead atoms. The fraction of sp³-hybridized carbons (Fsp3) is 0.864. The third-order valence-electron chi connectivity index (χ3n) is 20.4. The number of unbranched alkanes of at least 4 members (excludes halogenated alkanes) is 6. The average Bonchev–Trinajstić information content (AvgIpc) is 1.68. The maximum atomic E-state index is 14.3. The summed E-state index contributed by atoms with van der Waals surface area (Å²) in [6.45, 7) is 19.2. The lowest BCUT2D eigenvalue weighted by molar-refractivity contribution is -0.127. The van der Waals surface area contributed by atoms with Crippen molar-refractivity contribution in [3.05, 3.63) is 46.6 Å². The van der Waals surface area contributed by atoms with Crippen molar-refractivity contribution in [1.82, 2.24) is 0 Å². The molecule has 4 rings (SSSR count). The second-order valence-corrected chi connectivity index (χ2v) is 32.4. The van der Waals surface area contributed by atoms with E-state index < -0.39 is 98.1 Å². The number of hydrogen-bond acceptors (Lipinski definition) is 24. The van der Waals surface area contributed by atoms with Gasteiger partial charge in [-0.1, -0.05) is 157 Å². The van der Waals surface area contributed by atoms with Crippen LogP contribution in [0.5, 0.6) is 0 Å². The largest absolute Gasteiger partial charge is 0.393 e. The summed E-state index contributed by atoms with van der Waals surface area (Å²) in [5, 5.41) is 118. The molecule has 0 heterocycles. The van der Waals surface area contributed by atoms with Crippen LogP contribution in [-0.4, -0.2) is 282 Å². The summed E-state index contributed by atoms with van der Waals surface area (Å²) in [6, 6.07) is 0. The number of hydrogen-bond donors (Lipinski definition) is 12. The second-order valence-electron chi connectivity index (χ2n) is 32.4. The average molecular weight is 1670 g/mol. The molecule has 16 unspecified atom stereocenters. The van der Waals surface area contributed by atoms with Crippen molar-refractivity contribution in [3.8, 4) is 0 Å². The highest BCUT2D eigenvalue weighted by molar-refractivity contribution is 5.99. The van der Waals surface area contributed by atoms with Crippen LogP contribution in [0.15, 0.2) is 46.6 Å². The molecular formula is C88H156F4O24. The molecule has 4 aliphatic carbocycles. The Morgan fingerprint density at radius 3 is 0.922 bits per heavy atom. The van der Waals surface area contributed by atoms with Crippen molar-refractivity contribution >= 4 is 23.1 Å². The first-order valence-electron chi connectivity index (χ1n) is 43.7. The van der Waals surface area contributed by atoms with Gasteiger partial charge in [0.15, 0.2) is 29.3 Å². The summed E-state index contributed by atoms with van der Waals surface area (Å²) in [6.07, 6.45) is 11.2. The highest BCUT2D eigenvalue weighted by Gasteiger charge is 2.33. The van der Waals surface area contributed by atoms with Gasteiger partial charge in [-0.25, -0.2) is 17.6 Å². The Labute approximate surface area is 690 Å². The molecule has 116 heavy (non-hydrogen) atoms. The van der Waals surface area contributed by atoms with Gasteiger partial charge in [-0.3, -0.25) is 19.2 Å². The molecule has 24 nitrogen and oxygen atoms in total. The van der Waals surface area contributed by atoms with Gasteiger partial charge in [-0.15, -0.1) is 0 Å². The van der Waals surface area contributed by atoms with E-state index in [9.17, 15) is 98.0 Å². The number of alkyl halides is 4. The van der Waals surface area contributed by atoms with Crippen LogP contribution in [-0.2, 0) is 57.1 Å². The molecule has 680 valence electrons. The minimum absolute atomic E-state index is 0.00392. The van der Waals surface area contributed by atoms with E-state index in [4.69, 9.17) is 37.9 Å². The van der Waals surface area contributed by atoms with Gasteiger partial charge < -0.3 is 99.2 Å². The van der Waals surface area contributed by atoms with Gasteiger partial charge in [0.05, 0.1) is 160 Å². The van der Waals surface area contributed by atoms with E-state index in [2.05, 4.69) is 20.8 Å². The first-order chi connectivity index (χ1) is 55.3. The molecule has 0 spiro atoms. The summed E-state index contributed by atoms with van der Waals surface area (Å²) >= 11 is 0. The van der Waals surface area contributed by atoms with Gasteiger partial charge in [-0.2, -0.15) is 0 Å². The number of rotatable bonds is 68. The molecule has 0 amide bonds. The minimum atomic E-state index is -1.71. The Kier molecular flexibility index (Phi) is 65.8. The van der Waals surface area contributed by atoms with Gasteiger partial charge >= 0.3 is 0 Å². The van der Waals surface area contributed by atoms with E-state index in [-0.39, 0.29) is 144 Å². The number of halogens is 4. The number of aliphatic hydroxyl groups excluding tert-OH is 12. The van der Waals surface area contributed by atoms with Crippen LogP contribution in [0.25, 0.3) is 0 Å². The lowest BCUT2D eigenvalue weighted by Gasteiger charge is -2.17. The maximum Gasteiger partial charge on any atom is 0.225 e. The predicted molar refractivity (Wildman–Crippen MR) is 437 cm³/mol. The molecule has 0 aromatic carbocycles. The van der Waals surface area contributed by atoms with Crippen molar-refractivity contribution in [1.29, 1.82) is 0 Å². The molecule has 0 fully saturated rings. The van der Waals surface area contributed by atoms with Crippen molar-refractivity contribution in [2.24, 2.45) is 23.7 Å². The number of carbonyl (C=O) groups is 4. The highest BCUT2D eigenvalue weighted by Crippen LogP contribution is 2.31. The van der Waals surface area contributed by atoms with Crippen LogP contribution in [0.1, 0.15) is 267 Å². The zero-order valence-electron chi connectivity index (χ0n) is 71.6. The SMILES string of the molecule is CCCCC(O)C([18F])OCCOCC(O)CCCCC(O)CC1=C[C@H](C)CC1=O.CCCCC(O)COCCOCC(O)C([18F])CCCC(O)CC1=C[C@H](C)CC1=O.CCCCC(O)COCCOCC(O)CCCC([18F])C(O)CC1=C[C@H](C)CC1=O.CCCCC(O)COCCOCC(O)CCCCC(O)C([18F])C1=C[C@H](C)CC1=O. The Morgan fingerprint density at radius 2 is 0.578 bits per heavy atom. The Hall–Kier alpha value is -3.44. The van der Waals surface area contributed by atoms with E-state index in [1.54, 1.807) is 6.08 Å². The smallest absolute Gasteiger partial charge is 0.225 e. The van der Waals surface area contributed by atoms with Gasteiger partial charge in [0.2, 0.25) is 6.36 Å². The summed E-state index contributed by atoms with van der Waals surface area (Å²) in [5.74, 6) is 0.712. The van der Waals surface area contributed by atoms with Crippen LogP contribution in [0.2, 0.25) is 0 Å². The third kappa shape index (κ3) is 56.3. The number of aliphatic hydroxyl groups is 12. The lowest BCUT2D eigenvalue weighted by Crippen LogP contribution is -2.28. The molecule has 4 aliphatic rings. The zero-order valence-corrected chi connectivity index (χ0v) is 71.6. The number of allylic oxidation sites excluding steroid dienone is 4. The summed E-state index contributed by atoms with van der Waals surface area (Å²) in [5.41, 5.74) is 2.06. The Morgan fingerprint density at radius 1 is 0.302 bits per heavy atom. The molecule has 0 radical (unpaired) electrons.